The van der Waals surface area contributed by atoms with Gasteiger partial charge in [-0.1, -0.05) is 22.0 Å². The van der Waals surface area contributed by atoms with Gasteiger partial charge in [0.1, 0.15) is 5.82 Å². The molecule has 5 heteroatoms. The SMILES string of the molecule is Cc1ccc(C(=O)N2CCOC(CBr)C2)c(F)c1. The lowest BCUT2D eigenvalue weighted by Gasteiger charge is -2.32. The van der Waals surface area contributed by atoms with Gasteiger partial charge in [-0.2, -0.15) is 0 Å². The first-order valence-corrected chi connectivity index (χ1v) is 6.97. The highest BCUT2D eigenvalue weighted by Gasteiger charge is 2.25. The average molecular weight is 316 g/mol. The van der Waals surface area contributed by atoms with E-state index in [9.17, 15) is 9.18 Å². The number of rotatable bonds is 2. The lowest BCUT2D eigenvalue weighted by atomic mass is 10.1. The molecule has 1 aromatic rings. The van der Waals surface area contributed by atoms with Crippen molar-refractivity contribution in [3.8, 4) is 0 Å². The third-order valence-electron chi connectivity index (χ3n) is 2.95. The molecule has 1 amide bonds. The fourth-order valence-electron chi connectivity index (χ4n) is 1.96. The molecular formula is C13H15BrFNO2. The van der Waals surface area contributed by atoms with Crippen LogP contribution in [0.1, 0.15) is 15.9 Å². The van der Waals surface area contributed by atoms with E-state index in [0.717, 1.165) is 5.56 Å². The summed E-state index contributed by atoms with van der Waals surface area (Å²) in [6.45, 7) is 3.30. The number of hydrogen-bond donors (Lipinski definition) is 0. The smallest absolute Gasteiger partial charge is 0.256 e. The van der Waals surface area contributed by atoms with Gasteiger partial charge in [-0.05, 0) is 24.6 Å². The van der Waals surface area contributed by atoms with Crippen LogP contribution in [-0.4, -0.2) is 41.9 Å². The Labute approximate surface area is 114 Å². The Kier molecular flexibility index (Phi) is 4.35. The first kappa shape index (κ1) is 13.5. The Hall–Kier alpha value is -0.940. The van der Waals surface area contributed by atoms with E-state index in [1.165, 1.54) is 6.07 Å². The normalized spacial score (nSPS) is 19.9. The van der Waals surface area contributed by atoms with Crippen molar-refractivity contribution in [2.45, 2.75) is 13.0 Å². The molecule has 0 N–H and O–H groups in total. The molecule has 98 valence electrons. The predicted molar refractivity (Wildman–Crippen MR) is 70.6 cm³/mol. The summed E-state index contributed by atoms with van der Waals surface area (Å²) >= 11 is 3.33. The van der Waals surface area contributed by atoms with Crippen LogP contribution in [0.3, 0.4) is 0 Å². The summed E-state index contributed by atoms with van der Waals surface area (Å²) in [6.07, 6.45) is -0.0174. The van der Waals surface area contributed by atoms with Gasteiger partial charge in [0.25, 0.3) is 5.91 Å². The van der Waals surface area contributed by atoms with E-state index >= 15 is 0 Å². The van der Waals surface area contributed by atoms with E-state index in [4.69, 9.17) is 4.74 Å². The molecule has 18 heavy (non-hydrogen) atoms. The van der Waals surface area contributed by atoms with Crippen LogP contribution in [0.25, 0.3) is 0 Å². The Bertz CT molecular complexity index is 453. The molecule has 0 aliphatic carbocycles. The summed E-state index contributed by atoms with van der Waals surface area (Å²) in [5, 5.41) is 0.674. The maximum atomic E-state index is 13.7. The zero-order valence-corrected chi connectivity index (χ0v) is 11.7. The van der Waals surface area contributed by atoms with Crippen molar-refractivity contribution in [3.63, 3.8) is 0 Å². The number of carbonyl (C=O) groups excluding carboxylic acids is 1. The minimum absolute atomic E-state index is 0.0174. The molecule has 1 fully saturated rings. The molecule has 0 radical (unpaired) electrons. The van der Waals surface area contributed by atoms with E-state index < -0.39 is 5.82 Å². The molecule has 2 rings (SSSR count). The van der Waals surface area contributed by atoms with Gasteiger partial charge in [-0.15, -0.1) is 0 Å². The molecule has 1 atom stereocenters. The second-order valence-corrected chi connectivity index (χ2v) is 5.03. The monoisotopic (exact) mass is 315 g/mol. The van der Waals surface area contributed by atoms with Crippen molar-refractivity contribution in [2.24, 2.45) is 0 Å². The quantitative estimate of drug-likeness (QED) is 0.784. The molecule has 1 aromatic carbocycles. The summed E-state index contributed by atoms with van der Waals surface area (Å²) in [7, 11) is 0. The minimum Gasteiger partial charge on any atom is -0.374 e. The van der Waals surface area contributed by atoms with Crippen molar-refractivity contribution in [3.05, 3.63) is 35.1 Å². The lowest BCUT2D eigenvalue weighted by molar-refractivity contribution is -0.00982. The number of morpholine rings is 1. The molecule has 0 aromatic heterocycles. The van der Waals surface area contributed by atoms with Gasteiger partial charge in [0.15, 0.2) is 0 Å². The third-order valence-corrected chi connectivity index (χ3v) is 3.68. The topological polar surface area (TPSA) is 29.5 Å². The molecule has 0 bridgehead atoms. The van der Waals surface area contributed by atoms with E-state index in [1.54, 1.807) is 24.0 Å². The van der Waals surface area contributed by atoms with Crippen LogP contribution in [-0.2, 0) is 4.74 Å². The summed E-state index contributed by atoms with van der Waals surface area (Å²) in [6, 6.07) is 4.68. The number of aryl methyl sites for hydroxylation is 1. The second kappa shape index (κ2) is 5.80. The van der Waals surface area contributed by atoms with Crippen molar-refractivity contribution < 1.29 is 13.9 Å². The first-order chi connectivity index (χ1) is 8.61. The number of nitrogens with zero attached hydrogens (tertiary/aromatic N) is 1. The minimum atomic E-state index is -0.457. The second-order valence-electron chi connectivity index (χ2n) is 4.38. The summed E-state index contributed by atoms with van der Waals surface area (Å²) in [5.41, 5.74) is 0.945. The van der Waals surface area contributed by atoms with E-state index in [-0.39, 0.29) is 17.6 Å². The maximum Gasteiger partial charge on any atom is 0.256 e. The summed E-state index contributed by atoms with van der Waals surface area (Å²) in [4.78, 5) is 13.9. The van der Waals surface area contributed by atoms with Crippen molar-refractivity contribution >= 4 is 21.8 Å². The van der Waals surface area contributed by atoms with Gasteiger partial charge in [-0.3, -0.25) is 4.79 Å². The number of amides is 1. The molecule has 1 aliphatic heterocycles. The average Bonchev–Trinajstić information content (AvgIpc) is 2.38. The fraction of sp³-hybridized carbons (Fsp3) is 0.462. The van der Waals surface area contributed by atoms with Crippen LogP contribution in [0.5, 0.6) is 0 Å². The van der Waals surface area contributed by atoms with Crippen LogP contribution in [0.2, 0.25) is 0 Å². The Morgan fingerprint density at radius 3 is 3.06 bits per heavy atom. The lowest BCUT2D eigenvalue weighted by Crippen LogP contribution is -2.46. The summed E-state index contributed by atoms with van der Waals surface area (Å²) in [5.74, 6) is -0.719. The Balaban J connectivity index is 2.15. The van der Waals surface area contributed by atoms with Crippen LogP contribution in [0, 0.1) is 12.7 Å². The van der Waals surface area contributed by atoms with Crippen LogP contribution >= 0.6 is 15.9 Å². The largest absolute Gasteiger partial charge is 0.374 e. The number of hydrogen-bond acceptors (Lipinski definition) is 2. The van der Waals surface area contributed by atoms with E-state index in [1.807, 2.05) is 0 Å². The van der Waals surface area contributed by atoms with E-state index in [2.05, 4.69) is 15.9 Å². The van der Waals surface area contributed by atoms with Gasteiger partial charge < -0.3 is 9.64 Å². The number of halogens is 2. The van der Waals surface area contributed by atoms with Gasteiger partial charge in [0.2, 0.25) is 0 Å². The molecule has 1 aliphatic rings. The molecule has 0 saturated carbocycles. The highest BCUT2D eigenvalue weighted by Crippen LogP contribution is 2.15. The fourth-order valence-corrected chi connectivity index (χ4v) is 2.35. The van der Waals surface area contributed by atoms with Crippen LogP contribution < -0.4 is 0 Å². The molecule has 1 heterocycles. The molecule has 3 nitrogen and oxygen atoms in total. The molecule has 0 spiro atoms. The van der Waals surface area contributed by atoms with Gasteiger partial charge in [-0.25, -0.2) is 4.39 Å². The zero-order valence-electron chi connectivity index (χ0n) is 10.2. The standard InChI is InChI=1S/C13H15BrFNO2/c1-9-2-3-11(12(15)6-9)13(17)16-4-5-18-10(7-14)8-16/h2-3,6,10H,4-5,7-8H2,1H3. The van der Waals surface area contributed by atoms with Crippen LogP contribution in [0.4, 0.5) is 4.39 Å². The number of benzene rings is 1. The van der Waals surface area contributed by atoms with Gasteiger partial charge in [0.05, 0.1) is 18.3 Å². The molecule has 1 saturated heterocycles. The number of ether oxygens (including phenoxy) is 1. The number of alkyl halides is 1. The van der Waals surface area contributed by atoms with Crippen molar-refractivity contribution in [1.82, 2.24) is 4.90 Å². The Morgan fingerprint density at radius 1 is 1.61 bits per heavy atom. The Morgan fingerprint density at radius 2 is 2.39 bits per heavy atom. The van der Waals surface area contributed by atoms with Crippen molar-refractivity contribution in [1.29, 1.82) is 0 Å². The highest BCUT2D eigenvalue weighted by atomic mass is 79.9. The number of carbonyl (C=O) groups is 1. The van der Waals surface area contributed by atoms with Crippen molar-refractivity contribution in [2.75, 3.05) is 25.0 Å². The summed E-state index contributed by atoms with van der Waals surface area (Å²) < 4.78 is 19.2. The highest BCUT2D eigenvalue weighted by molar-refractivity contribution is 9.09. The molecular weight excluding hydrogens is 301 g/mol. The third kappa shape index (κ3) is 2.90. The first-order valence-electron chi connectivity index (χ1n) is 5.85. The van der Waals surface area contributed by atoms with Gasteiger partial charge >= 0.3 is 0 Å². The zero-order chi connectivity index (χ0) is 13.1. The predicted octanol–water partition coefficient (Wildman–Crippen LogP) is 2.37. The maximum absolute atomic E-state index is 13.7. The van der Waals surface area contributed by atoms with E-state index in [0.29, 0.717) is 25.0 Å². The van der Waals surface area contributed by atoms with Gasteiger partial charge in [0, 0.05) is 18.4 Å². The molecule has 1 unspecified atom stereocenters. The van der Waals surface area contributed by atoms with Crippen LogP contribution in [0.15, 0.2) is 18.2 Å².